The van der Waals surface area contributed by atoms with Crippen LogP contribution in [-0.2, 0) is 6.54 Å². The van der Waals surface area contributed by atoms with Crippen molar-refractivity contribution >= 4 is 5.69 Å². The Morgan fingerprint density at radius 3 is 2.44 bits per heavy atom. The topological polar surface area (TPSA) is 68.4 Å². The second-order valence-electron chi connectivity index (χ2n) is 4.10. The molecule has 1 rings (SSSR count). The average molecular weight is 253 g/mol. The lowest BCUT2D eigenvalue weighted by molar-refractivity contribution is -0.386. The molecule has 0 aliphatic heterocycles. The molecule has 0 spiro atoms. The van der Waals surface area contributed by atoms with Crippen LogP contribution in [0.4, 0.5) is 5.69 Å². The maximum atomic E-state index is 11.9. The van der Waals surface area contributed by atoms with Gasteiger partial charge in [0.2, 0.25) is 0 Å². The molecule has 1 aromatic rings. The summed E-state index contributed by atoms with van der Waals surface area (Å²) < 4.78 is 1.47. The maximum Gasteiger partial charge on any atom is 0.334 e. The molecule has 0 unspecified atom stereocenters. The molecule has 1 aromatic heterocycles. The molecule has 0 aliphatic rings. The van der Waals surface area contributed by atoms with Crippen LogP contribution in [0.5, 0.6) is 0 Å². The van der Waals surface area contributed by atoms with Crippen molar-refractivity contribution in [2.75, 3.05) is 19.6 Å². The van der Waals surface area contributed by atoms with Crippen LogP contribution >= 0.6 is 0 Å². The summed E-state index contributed by atoms with van der Waals surface area (Å²) in [6.07, 6.45) is 0. The van der Waals surface area contributed by atoms with Crippen LogP contribution < -0.4 is 5.56 Å². The number of hydrogen-bond donors (Lipinski definition) is 0. The van der Waals surface area contributed by atoms with E-state index in [0.29, 0.717) is 6.54 Å². The molecule has 0 saturated carbocycles. The van der Waals surface area contributed by atoms with Gasteiger partial charge in [-0.25, -0.2) is 0 Å². The Morgan fingerprint density at radius 1 is 1.33 bits per heavy atom. The van der Waals surface area contributed by atoms with Gasteiger partial charge in [-0.3, -0.25) is 14.9 Å². The number of rotatable bonds is 6. The van der Waals surface area contributed by atoms with Gasteiger partial charge in [-0.05, 0) is 26.1 Å². The molecule has 100 valence electrons. The summed E-state index contributed by atoms with van der Waals surface area (Å²) in [7, 11) is 0. The minimum atomic E-state index is -0.629. The molecule has 0 aromatic carbocycles. The van der Waals surface area contributed by atoms with E-state index in [2.05, 4.69) is 4.90 Å². The number of hydrogen-bond acceptors (Lipinski definition) is 4. The first-order chi connectivity index (χ1) is 8.51. The second-order valence-corrected chi connectivity index (χ2v) is 4.10. The van der Waals surface area contributed by atoms with Crippen molar-refractivity contribution in [1.29, 1.82) is 0 Å². The highest BCUT2D eigenvalue weighted by atomic mass is 16.6. The zero-order chi connectivity index (χ0) is 13.7. The summed E-state index contributed by atoms with van der Waals surface area (Å²) >= 11 is 0. The van der Waals surface area contributed by atoms with Gasteiger partial charge in [-0.1, -0.05) is 13.8 Å². The normalized spacial score (nSPS) is 10.9. The van der Waals surface area contributed by atoms with Crippen LogP contribution in [0.15, 0.2) is 16.9 Å². The van der Waals surface area contributed by atoms with E-state index in [-0.39, 0.29) is 5.69 Å². The van der Waals surface area contributed by atoms with Gasteiger partial charge in [0.1, 0.15) is 0 Å². The van der Waals surface area contributed by atoms with Gasteiger partial charge in [-0.15, -0.1) is 0 Å². The molecule has 0 fully saturated rings. The monoisotopic (exact) mass is 253 g/mol. The highest BCUT2D eigenvalue weighted by molar-refractivity contribution is 5.27. The summed E-state index contributed by atoms with van der Waals surface area (Å²) in [6, 6.07) is 2.88. The maximum absolute atomic E-state index is 11.9. The summed E-state index contributed by atoms with van der Waals surface area (Å²) in [5.41, 5.74) is -0.134. The third-order valence-corrected chi connectivity index (χ3v) is 3.10. The van der Waals surface area contributed by atoms with E-state index in [1.165, 1.54) is 10.6 Å². The van der Waals surface area contributed by atoms with E-state index in [4.69, 9.17) is 0 Å². The van der Waals surface area contributed by atoms with Gasteiger partial charge in [0.15, 0.2) is 0 Å². The first kappa shape index (κ1) is 14.4. The van der Waals surface area contributed by atoms with Crippen molar-refractivity contribution in [3.05, 3.63) is 38.3 Å². The third kappa shape index (κ3) is 3.16. The fraction of sp³-hybridized carbons (Fsp3) is 0.583. The quantitative estimate of drug-likeness (QED) is 0.567. The lowest BCUT2D eigenvalue weighted by Gasteiger charge is -2.19. The molecule has 6 nitrogen and oxygen atoms in total. The summed E-state index contributed by atoms with van der Waals surface area (Å²) in [4.78, 5) is 24.2. The number of nitro groups is 1. The average Bonchev–Trinajstić information content (AvgIpc) is 2.33. The predicted molar refractivity (Wildman–Crippen MR) is 69.9 cm³/mol. The van der Waals surface area contributed by atoms with Gasteiger partial charge >= 0.3 is 11.2 Å². The molecular formula is C12H19N3O3. The molecule has 0 aliphatic carbocycles. The van der Waals surface area contributed by atoms with Crippen LogP contribution in [-0.4, -0.2) is 34.0 Å². The minimum absolute atomic E-state index is 0.361. The van der Waals surface area contributed by atoms with E-state index >= 15 is 0 Å². The van der Waals surface area contributed by atoms with E-state index in [0.717, 1.165) is 25.3 Å². The van der Waals surface area contributed by atoms with Crippen molar-refractivity contribution in [3.8, 4) is 0 Å². The molecule has 0 N–H and O–H groups in total. The van der Waals surface area contributed by atoms with Gasteiger partial charge in [0, 0.05) is 24.8 Å². The molecule has 6 heteroatoms. The second kappa shape index (κ2) is 6.30. The Balaban J connectivity index is 2.98. The zero-order valence-electron chi connectivity index (χ0n) is 11.0. The third-order valence-electron chi connectivity index (χ3n) is 3.10. The van der Waals surface area contributed by atoms with E-state index in [1.807, 2.05) is 13.8 Å². The van der Waals surface area contributed by atoms with Crippen LogP contribution in [0.2, 0.25) is 0 Å². The SMILES string of the molecule is CCN(CC)CCn1c(C)ccc([N+](=O)[O-])c1=O. The smallest absolute Gasteiger partial charge is 0.306 e. The molecule has 0 saturated heterocycles. The van der Waals surface area contributed by atoms with Gasteiger partial charge < -0.3 is 9.47 Å². The number of aromatic nitrogens is 1. The van der Waals surface area contributed by atoms with Crippen LogP contribution in [0.3, 0.4) is 0 Å². The molecule has 18 heavy (non-hydrogen) atoms. The van der Waals surface area contributed by atoms with E-state index in [1.54, 1.807) is 13.0 Å². The molecule has 0 radical (unpaired) electrons. The van der Waals surface area contributed by atoms with E-state index < -0.39 is 10.5 Å². The first-order valence-corrected chi connectivity index (χ1v) is 6.08. The summed E-state index contributed by atoms with van der Waals surface area (Å²) in [5, 5.41) is 10.7. The molecular weight excluding hydrogens is 234 g/mol. The number of nitrogens with zero attached hydrogens (tertiary/aromatic N) is 3. The van der Waals surface area contributed by atoms with Crippen molar-refractivity contribution in [2.45, 2.75) is 27.3 Å². The Kier molecular flexibility index (Phi) is 5.03. The summed E-state index contributed by atoms with van der Waals surface area (Å²) in [5.74, 6) is 0. The van der Waals surface area contributed by atoms with E-state index in [9.17, 15) is 14.9 Å². The standard InChI is InChI=1S/C12H19N3O3/c1-4-13(5-2)8-9-14-10(3)6-7-11(12(14)16)15(17)18/h6-7H,4-5,8-9H2,1-3H3. The molecule has 0 bridgehead atoms. The van der Waals surface area contributed by atoms with Gasteiger partial charge in [0.05, 0.1) is 4.92 Å². The zero-order valence-corrected chi connectivity index (χ0v) is 11.0. The molecule has 1 heterocycles. The Labute approximate surface area is 106 Å². The largest absolute Gasteiger partial charge is 0.334 e. The van der Waals surface area contributed by atoms with Gasteiger partial charge in [0.25, 0.3) is 0 Å². The van der Waals surface area contributed by atoms with Crippen molar-refractivity contribution in [1.82, 2.24) is 9.47 Å². The Bertz CT molecular complexity index is 478. The Morgan fingerprint density at radius 2 is 1.94 bits per heavy atom. The fourth-order valence-corrected chi connectivity index (χ4v) is 1.86. The summed E-state index contributed by atoms with van der Waals surface area (Å²) in [6.45, 7) is 8.88. The lowest BCUT2D eigenvalue weighted by Crippen LogP contribution is -2.32. The van der Waals surface area contributed by atoms with Crippen LogP contribution in [0, 0.1) is 17.0 Å². The fourth-order valence-electron chi connectivity index (χ4n) is 1.86. The Hall–Kier alpha value is -1.69. The number of aryl methyl sites for hydroxylation is 1. The number of pyridine rings is 1. The van der Waals surface area contributed by atoms with Crippen molar-refractivity contribution in [2.24, 2.45) is 0 Å². The highest BCUT2D eigenvalue weighted by Crippen LogP contribution is 2.06. The highest BCUT2D eigenvalue weighted by Gasteiger charge is 2.15. The number of likely N-dealkylation sites (N-methyl/N-ethyl adjacent to an activating group) is 1. The van der Waals surface area contributed by atoms with Gasteiger partial charge in [-0.2, -0.15) is 0 Å². The van der Waals surface area contributed by atoms with Crippen LogP contribution in [0.1, 0.15) is 19.5 Å². The molecule has 0 amide bonds. The lowest BCUT2D eigenvalue weighted by atomic mass is 10.3. The van der Waals surface area contributed by atoms with Crippen LogP contribution in [0.25, 0.3) is 0 Å². The predicted octanol–water partition coefficient (Wildman–Crippen LogP) is 1.41. The molecule has 0 atom stereocenters. The van der Waals surface area contributed by atoms with Crippen molar-refractivity contribution < 1.29 is 4.92 Å². The minimum Gasteiger partial charge on any atom is -0.306 e. The first-order valence-electron chi connectivity index (χ1n) is 6.08. The van der Waals surface area contributed by atoms with Crippen molar-refractivity contribution in [3.63, 3.8) is 0 Å².